The van der Waals surface area contributed by atoms with Gasteiger partial charge in [0.2, 0.25) is 0 Å². The number of nitrogens with zero attached hydrogens (tertiary/aromatic N) is 2. The summed E-state index contributed by atoms with van der Waals surface area (Å²) >= 11 is 0. The summed E-state index contributed by atoms with van der Waals surface area (Å²) in [5, 5.41) is 3.39. The smallest absolute Gasteiger partial charge is 0.258 e. The first-order chi connectivity index (χ1) is 9.38. The van der Waals surface area contributed by atoms with Crippen LogP contribution in [0.5, 0.6) is 0 Å². The lowest BCUT2D eigenvalue weighted by molar-refractivity contribution is 0.252. The molecule has 2 aromatic heterocycles. The van der Waals surface area contributed by atoms with Crippen molar-refractivity contribution in [2.45, 2.75) is 34.2 Å². The molecule has 2 aromatic rings. The second-order valence-electron chi connectivity index (χ2n) is 6.41. The molecule has 108 valence electrons. The SMILES string of the molecule is CC(CNCc1cc(=O)n2ccccc2n1)C(C)(C)C. The Kier molecular flexibility index (Phi) is 4.23. The molecule has 20 heavy (non-hydrogen) atoms. The number of pyridine rings is 1. The Morgan fingerprint density at radius 2 is 2.10 bits per heavy atom. The van der Waals surface area contributed by atoms with E-state index < -0.39 is 0 Å². The molecule has 0 amide bonds. The van der Waals surface area contributed by atoms with Gasteiger partial charge in [-0.3, -0.25) is 9.20 Å². The third kappa shape index (κ3) is 3.45. The zero-order chi connectivity index (χ0) is 14.8. The highest BCUT2D eigenvalue weighted by Gasteiger charge is 2.19. The molecule has 0 saturated carbocycles. The third-order valence-electron chi connectivity index (χ3n) is 3.86. The zero-order valence-corrected chi connectivity index (χ0v) is 12.7. The molecule has 0 bridgehead atoms. The van der Waals surface area contributed by atoms with Crippen LogP contribution in [-0.4, -0.2) is 15.9 Å². The molecule has 0 aromatic carbocycles. The van der Waals surface area contributed by atoms with Crippen molar-refractivity contribution in [2.75, 3.05) is 6.54 Å². The van der Waals surface area contributed by atoms with Crippen molar-refractivity contribution in [3.05, 3.63) is 46.5 Å². The Morgan fingerprint density at radius 1 is 1.35 bits per heavy atom. The quantitative estimate of drug-likeness (QED) is 0.931. The van der Waals surface area contributed by atoms with Crippen LogP contribution in [0, 0.1) is 11.3 Å². The molecule has 0 aliphatic heterocycles. The minimum atomic E-state index is -0.0312. The van der Waals surface area contributed by atoms with Crippen LogP contribution in [-0.2, 0) is 6.54 Å². The number of hydrogen-bond donors (Lipinski definition) is 1. The van der Waals surface area contributed by atoms with Gasteiger partial charge in [0.25, 0.3) is 5.56 Å². The predicted octanol–water partition coefficient (Wildman–Crippen LogP) is 2.47. The second-order valence-corrected chi connectivity index (χ2v) is 6.41. The van der Waals surface area contributed by atoms with Gasteiger partial charge in [-0.05, 0) is 30.0 Å². The van der Waals surface area contributed by atoms with E-state index in [0.717, 1.165) is 12.2 Å². The average molecular weight is 273 g/mol. The van der Waals surface area contributed by atoms with E-state index >= 15 is 0 Å². The molecular formula is C16H23N3O. The van der Waals surface area contributed by atoms with Crippen LogP contribution in [0.3, 0.4) is 0 Å². The predicted molar refractivity (Wildman–Crippen MR) is 81.8 cm³/mol. The first kappa shape index (κ1) is 14.7. The molecule has 0 fully saturated rings. The Hall–Kier alpha value is -1.68. The highest BCUT2D eigenvalue weighted by atomic mass is 16.1. The van der Waals surface area contributed by atoms with Gasteiger partial charge in [0.15, 0.2) is 0 Å². The fourth-order valence-corrected chi connectivity index (χ4v) is 1.92. The van der Waals surface area contributed by atoms with Gasteiger partial charge < -0.3 is 5.32 Å². The maximum Gasteiger partial charge on any atom is 0.258 e. The standard InChI is InChI=1S/C16H23N3O/c1-12(16(2,3)4)10-17-11-13-9-15(20)19-8-6-5-7-14(19)18-13/h5-9,12,17H,10-11H2,1-4H3. The van der Waals surface area contributed by atoms with Crippen LogP contribution in [0.2, 0.25) is 0 Å². The molecule has 0 aliphatic carbocycles. The van der Waals surface area contributed by atoms with Crippen LogP contribution in [0.1, 0.15) is 33.4 Å². The summed E-state index contributed by atoms with van der Waals surface area (Å²) in [7, 11) is 0. The summed E-state index contributed by atoms with van der Waals surface area (Å²) in [5.74, 6) is 0.559. The van der Waals surface area contributed by atoms with Gasteiger partial charge in [-0.2, -0.15) is 0 Å². The largest absolute Gasteiger partial charge is 0.311 e. The van der Waals surface area contributed by atoms with E-state index in [1.165, 1.54) is 0 Å². The molecule has 0 radical (unpaired) electrons. The molecule has 1 unspecified atom stereocenters. The van der Waals surface area contributed by atoms with E-state index in [9.17, 15) is 4.79 Å². The lowest BCUT2D eigenvalue weighted by atomic mass is 9.82. The van der Waals surface area contributed by atoms with E-state index in [1.54, 1.807) is 16.7 Å². The molecule has 0 aliphatic rings. The molecule has 2 heterocycles. The van der Waals surface area contributed by atoms with Gasteiger partial charge in [0, 0.05) is 18.8 Å². The van der Waals surface area contributed by atoms with Crippen LogP contribution in [0.25, 0.3) is 5.65 Å². The van der Waals surface area contributed by atoms with E-state index in [-0.39, 0.29) is 11.0 Å². The maximum absolute atomic E-state index is 12.0. The molecule has 1 atom stereocenters. The van der Waals surface area contributed by atoms with Gasteiger partial charge in [0.1, 0.15) is 5.65 Å². The number of hydrogen-bond acceptors (Lipinski definition) is 3. The number of fused-ring (bicyclic) bond motifs is 1. The number of aromatic nitrogens is 2. The third-order valence-corrected chi connectivity index (χ3v) is 3.86. The normalized spacial score (nSPS) is 13.6. The summed E-state index contributed by atoms with van der Waals surface area (Å²) in [6.45, 7) is 10.5. The van der Waals surface area contributed by atoms with Crippen LogP contribution >= 0.6 is 0 Å². The first-order valence-electron chi connectivity index (χ1n) is 7.06. The molecule has 4 heteroatoms. The van der Waals surface area contributed by atoms with Crippen LogP contribution in [0.4, 0.5) is 0 Å². The number of rotatable bonds is 4. The van der Waals surface area contributed by atoms with Crippen LogP contribution < -0.4 is 10.9 Å². The molecular weight excluding hydrogens is 250 g/mol. The lowest BCUT2D eigenvalue weighted by Gasteiger charge is -2.27. The molecule has 1 N–H and O–H groups in total. The summed E-state index contributed by atoms with van der Waals surface area (Å²) in [5.41, 5.74) is 1.74. The zero-order valence-electron chi connectivity index (χ0n) is 12.7. The summed E-state index contributed by atoms with van der Waals surface area (Å²) in [6, 6.07) is 7.17. The van der Waals surface area contributed by atoms with Crippen molar-refractivity contribution >= 4 is 5.65 Å². The Balaban J connectivity index is 2.06. The maximum atomic E-state index is 12.0. The summed E-state index contributed by atoms with van der Waals surface area (Å²) < 4.78 is 1.56. The van der Waals surface area contributed by atoms with Gasteiger partial charge in [0.05, 0.1) is 5.69 Å². The fraction of sp³-hybridized carbons (Fsp3) is 0.500. The molecule has 4 nitrogen and oxygen atoms in total. The van der Waals surface area contributed by atoms with Gasteiger partial charge in [-0.25, -0.2) is 4.98 Å². The minimum absolute atomic E-state index is 0.0312. The first-order valence-corrected chi connectivity index (χ1v) is 7.06. The second kappa shape index (κ2) is 5.75. The Labute approximate surface area is 119 Å². The van der Waals surface area contributed by atoms with E-state index in [0.29, 0.717) is 18.1 Å². The monoisotopic (exact) mass is 273 g/mol. The fourth-order valence-electron chi connectivity index (χ4n) is 1.92. The van der Waals surface area contributed by atoms with Gasteiger partial charge in [-0.15, -0.1) is 0 Å². The van der Waals surface area contributed by atoms with Gasteiger partial charge in [-0.1, -0.05) is 33.8 Å². The van der Waals surface area contributed by atoms with E-state index in [2.05, 4.69) is 38.0 Å². The summed E-state index contributed by atoms with van der Waals surface area (Å²) in [6.07, 6.45) is 1.74. The molecule has 0 saturated heterocycles. The Morgan fingerprint density at radius 3 is 2.80 bits per heavy atom. The highest BCUT2D eigenvalue weighted by Crippen LogP contribution is 2.24. The molecule has 2 rings (SSSR count). The van der Waals surface area contributed by atoms with E-state index in [1.807, 2.05) is 18.2 Å². The molecule has 0 spiro atoms. The van der Waals surface area contributed by atoms with Crippen LogP contribution in [0.15, 0.2) is 35.3 Å². The van der Waals surface area contributed by atoms with Crippen molar-refractivity contribution in [2.24, 2.45) is 11.3 Å². The van der Waals surface area contributed by atoms with E-state index in [4.69, 9.17) is 0 Å². The topological polar surface area (TPSA) is 46.4 Å². The average Bonchev–Trinajstić information content (AvgIpc) is 2.37. The van der Waals surface area contributed by atoms with Crippen molar-refractivity contribution in [1.82, 2.24) is 14.7 Å². The van der Waals surface area contributed by atoms with Crippen molar-refractivity contribution in [3.63, 3.8) is 0 Å². The highest BCUT2D eigenvalue weighted by molar-refractivity contribution is 5.37. The van der Waals surface area contributed by atoms with Crippen molar-refractivity contribution in [1.29, 1.82) is 0 Å². The minimum Gasteiger partial charge on any atom is -0.311 e. The lowest BCUT2D eigenvalue weighted by Crippen LogP contribution is -2.30. The van der Waals surface area contributed by atoms with Gasteiger partial charge >= 0.3 is 0 Å². The summed E-state index contributed by atoms with van der Waals surface area (Å²) in [4.78, 5) is 16.4. The van der Waals surface area contributed by atoms with Crippen molar-refractivity contribution < 1.29 is 0 Å². The Bertz CT molecular complexity index is 640. The number of nitrogens with one attached hydrogen (secondary N) is 1. The van der Waals surface area contributed by atoms with Crippen molar-refractivity contribution in [3.8, 4) is 0 Å².